The Morgan fingerprint density at radius 2 is 1.38 bits per heavy atom. The van der Waals surface area contributed by atoms with Crippen LogP contribution in [0.3, 0.4) is 0 Å². The zero-order valence-electron chi connectivity index (χ0n) is 45.4. The van der Waals surface area contributed by atoms with Crippen LogP contribution in [0.15, 0.2) is 194 Å². The number of para-hydroxylation sites is 3. The topological polar surface area (TPSA) is 36.8 Å². The summed E-state index contributed by atoms with van der Waals surface area (Å²) in [4.78, 5) is 11.7. The minimum Gasteiger partial charge on any atom is -0.457 e. The van der Waals surface area contributed by atoms with E-state index in [1.54, 1.807) is 0 Å². The van der Waals surface area contributed by atoms with Crippen molar-refractivity contribution in [1.29, 1.82) is 0 Å². The summed E-state index contributed by atoms with van der Waals surface area (Å²) in [6, 6.07) is 41.3. The van der Waals surface area contributed by atoms with Crippen LogP contribution in [0.4, 0.5) is 17.1 Å². The Bertz CT molecular complexity index is 3760. The number of hydrogen-bond donors (Lipinski definition) is 0. The maximum Gasteiger partial charge on any atom is 0.338 e. The molecule has 69 heavy (non-hydrogen) atoms. The molecule has 0 fully saturated rings. The van der Waals surface area contributed by atoms with Gasteiger partial charge in [-0.3, -0.25) is 4.57 Å². The SMILES string of the molecule is [2H]c1c([2H])c([2H])c(C2=CB3C(N4CN(c5cccc(Oc6ccc7c8ccccc8n(-c8cc(C(C)(C)C)ccn8)c7c6)c5)c5ccccc54)=C(c4ccc5c(c4)C(C)(C)CCC5(C)C)C=CN3C=C2)c([2H])c1[2H]. The van der Waals surface area contributed by atoms with Gasteiger partial charge in [0.15, 0.2) is 0 Å². The van der Waals surface area contributed by atoms with Gasteiger partial charge >= 0.3 is 6.85 Å². The second kappa shape index (κ2) is 16.1. The van der Waals surface area contributed by atoms with Gasteiger partial charge in [0.25, 0.3) is 0 Å². The van der Waals surface area contributed by atoms with E-state index in [0.717, 1.165) is 74.3 Å². The largest absolute Gasteiger partial charge is 0.457 e. The van der Waals surface area contributed by atoms with Crippen LogP contribution in [-0.2, 0) is 16.2 Å². The third-order valence-electron chi connectivity index (χ3n) is 14.9. The first kappa shape index (κ1) is 37.5. The Morgan fingerprint density at radius 1 is 0.652 bits per heavy atom. The van der Waals surface area contributed by atoms with Crippen LogP contribution in [0, 0.1) is 0 Å². The van der Waals surface area contributed by atoms with E-state index in [9.17, 15) is 0 Å². The van der Waals surface area contributed by atoms with Crippen molar-refractivity contribution in [2.24, 2.45) is 0 Å². The Hall–Kier alpha value is -7.51. The van der Waals surface area contributed by atoms with Gasteiger partial charge in [-0.05, 0) is 147 Å². The minimum absolute atomic E-state index is 0.0167. The molecule has 0 radical (unpaired) electrons. The summed E-state index contributed by atoms with van der Waals surface area (Å²) in [5.74, 6) is 4.33. The number of fused-ring (bicyclic) bond motifs is 6. The van der Waals surface area contributed by atoms with E-state index < -0.39 is 12.9 Å². The van der Waals surface area contributed by atoms with E-state index >= 15 is 0 Å². The predicted molar refractivity (Wildman–Crippen MR) is 289 cm³/mol. The Morgan fingerprint density at radius 3 is 2.19 bits per heavy atom. The van der Waals surface area contributed by atoms with Crippen molar-refractivity contribution in [2.45, 2.75) is 77.6 Å². The summed E-state index contributed by atoms with van der Waals surface area (Å²) < 4.78 is 52.4. The Kier molecular flexibility index (Phi) is 8.72. The van der Waals surface area contributed by atoms with Crippen LogP contribution in [-0.4, -0.2) is 27.9 Å². The molecule has 12 rings (SSSR count). The first-order chi connectivity index (χ1) is 35.4. The second-order valence-corrected chi connectivity index (χ2v) is 21.2. The molecule has 8 aromatic rings. The molecule has 1 aliphatic carbocycles. The van der Waals surface area contributed by atoms with Gasteiger partial charge in [0.2, 0.25) is 0 Å². The molecule has 4 aliphatic rings. The third kappa shape index (κ3) is 7.38. The summed E-state index contributed by atoms with van der Waals surface area (Å²) in [5, 5.41) is 2.27. The standard InChI is InChI=1S/C62H58BN5O/c1-60(2,3)45-28-33-64-58(37-45)68-54-21-12-11-20-50(54)51-26-25-48(39-57(51)68)69-47-19-15-18-46(38-47)66-41-67(56-23-14-13-22-55(56)66)59-49(43-24-27-52-53(36-43)62(6,7)32-31-61(52,4)5)30-35-65-34-29-44(40-63(59)65)42-16-9-8-10-17-42/h8-30,33-40H,31-32,41H2,1-7H3/i8D,9D,10D,16D,17D. The van der Waals surface area contributed by atoms with Crippen molar-refractivity contribution < 1.29 is 11.6 Å². The molecule has 0 N–H and O–H groups in total. The number of benzene rings is 6. The molecule has 0 unspecified atom stereocenters. The minimum atomic E-state index is -0.406. The molecule has 0 bridgehead atoms. The van der Waals surface area contributed by atoms with Crippen LogP contribution < -0.4 is 14.5 Å². The lowest BCUT2D eigenvalue weighted by molar-refractivity contribution is 0.332. The van der Waals surface area contributed by atoms with Crippen molar-refractivity contribution in [1.82, 2.24) is 14.4 Å². The smallest absolute Gasteiger partial charge is 0.338 e. The summed E-state index contributed by atoms with van der Waals surface area (Å²) >= 11 is 0. The highest BCUT2D eigenvalue weighted by Crippen LogP contribution is 2.50. The van der Waals surface area contributed by atoms with Crippen molar-refractivity contribution in [3.05, 3.63) is 222 Å². The van der Waals surface area contributed by atoms with Crippen LogP contribution >= 0.6 is 0 Å². The van der Waals surface area contributed by atoms with Crippen molar-refractivity contribution in [2.75, 3.05) is 16.5 Å². The van der Waals surface area contributed by atoms with Gasteiger partial charge in [0.1, 0.15) is 17.3 Å². The number of pyridine rings is 1. The van der Waals surface area contributed by atoms with Gasteiger partial charge in [-0.2, -0.15) is 0 Å². The molecule has 2 aromatic heterocycles. The lowest BCUT2D eigenvalue weighted by Gasteiger charge is -2.42. The fourth-order valence-corrected chi connectivity index (χ4v) is 11.0. The van der Waals surface area contributed by atoms with E-state index in [4.69, 9.17) is 16.6 Å². The lowest BCUT2D eigenvalue weighted by atomic mass is 9.51. The molecular weight excluding hydrogens is 842 g/mol. The van der Waals surface area contributed by atoms with Gasteiger partial charge in [-0.25, -0.2) is 4.98 Å². The van der Waals surface area contributed by atoms with E-state index in [2.05, 4.69) is 189 Å². The zero-order chi connectivity index (χ0) is 51.6. The van der Waals surface area contributed by atoms with Crippen molar-refractivity contribution in [3.63, 3.8) is 0 Å². The summed E-state index contributed by atoms with van der Waals surface area (Å²) in [6.07, 6.45) is 12.2. The van der Waals surface area contributed by atoms with E-state index in [1.165, 1.54) is 16.7 Å². The van der Waals surface area contributed by atoms with Gasteiger partial charge in [-0.15, -0.1) is 0 Å². The normalized spacial score (nSPS) is 18.1. The Labute approximate surface area is 414 Å². The maximum atomic E-state index is 8.97. The van der Waals surface area contributed by atoms with E-state index in [0.29, 0.717) is 23.7 Å². The summed E-state index contributed by atoms with van der Waals surface area (Å²) in [6.45, 7) is 16.2. The van der Waals surface area contributed by atoms with E-state index in [-0.39, 0.29) is 46.0 Å². The average Bonchev–Trinajstić information content (AvgIpc) is 3.95. The van der Waals surface area contributed by atoms with E-state index in [1.807, 2.05) is 36.7 Å². The quantitative estimate of drug-likeness (QED) is 0.149. The van der Waals surface area contributed by atoms with Crippen LogP contribution in [0.5, 0.6) is 11.5 Å². The van der Waals surface area contributed by atoms with Gasteiger partial charge in [0.05, 0.1) is 35.9 Å². The molecule has 3 aliphatic heterocycles. The van der Waals surface area contributed by atoms with Crippen molar-refractivity contribution >= 4 is 56.9 Å². The third-order valence-corrected chi connectivity index (χ3v) is 14.9. The number of rotatable bonds is 7. The first-order valence-electron chi connectivity index (χ1n) is 26.6. The molecular formula is C62H58BN5O. The fourth-order valence-electron chi connectivity index (χ4n) is 11.0. The van der Waals surface area contributed by atoms with Crippen molar-refractivity contribution in [3.8, 4) is 17.3 Å². The maximum absolute atomic E-state index is 8.97. The highest BCUT2D eigenvalue weighted by Gasteiger charge is 2.41. The highest BCUT2D eigenvalue weighted by molar-refractivity contribution is 6.73. The molecule has 0 amide bonds. The molecule has 0 atom stereocenters. The molecule has 0 spiro atoms. The molecule has 0 saturated carbocycles. The monoisotopic (exact) mass is 905 g/mol. The molecule has 0 saturated heterocycles. The summed E-state index contributed by atoms with van der Waals surface area (Å²) in [5.41, 5.74) is 13.0. The lowest BCUT2D eigenvalue weighted by Crippen LogP contribution is -2.44. The number of ether oxygens (including phenoxy) is 1. The average molecular weight is 905 g/mol. The predicted octanol–water partition coefficient (Wildman–Crippen LogP) is 15.5. The fraction of sp³-hybridized carbons (Fsp3) is 0.210. The van der Waals surface area contributed by atoms with Gasteiger partial charge in [0, 0.05) is 40.4 Å². The second-order valence-electron chi connectivity index (χ2n) is 21.2. The number of allylic oxidation sites excluding steroid dienone is 4. The first-order valence-corrected chi connectivity index (χ1v) is 24.1. The molecule has 340 valence electrons. The highest BCUT2D eigenvalue weighted by atomic mass is 16.5. The number of anilines is 3. The molecule has 5 heterocycles. The molecule has 7 heteroatoms. The van der Waals surface area contributed by atoms with Gasteiger partial charge in [-0.1, -0.05) is 139 Å². The number of nitrogens with zero attached hydrogens (tertiary/aromatic N) is 5. The Balaban J connectivity index is 0.959. The van der Waals surface area contributed by atoms with Crippen LogP contribution in [0.25, 0.3) is 38.8 Å². The van der Waals surface area contributed by atoms with Gasteiger partial charge < -0.3 is 19.3 Å². The van der Waals surface area contributed by atoms with Crippen LogP contribution in [0.2, 0.25) is 0 Å². The number of aromatic nitrogens is 2. The molecule has 6 nitrogen and oxygen atoms in total. The summed E-state index contributed by atoms with van der Waals surface area (Å²) in [7, 11) is 0. The molecule has 6 aromatic carbocycles. The zero-order valence-corrected chi connectivity index (χ0v) is 40.4. The number of hydrogen-bond acceptors (Lipinski definition) is 5. The van der Waals surface area contributed by atoms with Crippen LogP contribution in [0.1, 0.15) is 96.0 Å².